The molecule has 6 heteroatoms. The van der Waals surface area contributed by atoms with E-state index in [-0.39, 0.29) is 11.8 Å². The van der Waals surface area contributed by atoms with Gasteiger partial charge in [-0.2, -0.15) is 0 Å². The molecule has 1 saturated heterocycles. The molecular weight excluding hydrogens is 304 g/mol. The van der Waals surface area contributed by atoms with Crippen molar-refractivity contribution in [2.75, 3.05) is 28.6 Å². The third-order valence-electron chi connectivity index (χ3n) is 3.89. The number of anilines is 3. The van der Waals surface area contributed by atoms with Gasteiger partial charge in [-0.15, -0.1) is 0 Å². The van der Waals surface area contributed by atoms with Crippen molar-refractivity contribution < 1.29 is 9.59 Å². The molecule has 2 amide bonds. The van der Waals surface area contributed by atoms with E-state index in [4.69, 9.17) is 0 Å². The highest BCUT2D eigenvalue weighted by Gasteiger charge is 2.14. The van der Waals surface area contributed by atoms with E-state index in [1.165, 1.54) is 19.8 Å². The number of rotatable bonds is 4. The summed E-state index contributed by atoms with van der Waals surface area (Å²) in [6.07, 6.45) is 4.15. The van der Waals surface area contributed by atoms with Crippen molar-refractivity contribution in [3.05, 3.63) is 48.3 Å². The van der Waals surface area contributed by atoms with Gasteiger partial charge < -0.3 is 15.5 Å². The maximum absolute atomic E-state index is 12.3. The zero-order valence-corrected chi connectivity index (χ0v) is 13.6. The van der Waals surface area contributed by atoms with Gasteiger partial charge >= 0.3 is 0 Å². The van der Waals surface area contributed by atoms with E-state index in [0.717, 1.165) is 18.8 Å². The Morgan fingerprint density at radius 2 is 1.75 bits per heavy atom. The van der Waals surface area contributed by atoms with Crippen LogP contribution in [0.25, 0.3) is 0 Å². The molecular formula is C18H20N4O2. The molecule has 24 heavy (non-hydrogen) atoms. The van der Waals surface area contributed by atoms with Crippen LogP contribution in [0.1, 0.15) is 30.3 Å². The summed E-state index contributed by atoms with van der Waals surface area (Å²) in [6.45, 7) is 3.53. The average molecular weight is 324 g/mol. The van der Waals surface area contributed by atoms with Crippen molar-refractivity contribution in [1.29, 1.82) is 0 Å². The van der Waals surface area contributed by atoms with Crippen molar-refractivity contribution in [2.45, 2.75) is 19.8 Å². The van der Waals surface area contributed by atoms with Gasteiger partial charge in [0.15, 0.2) is 0 Å². The van der Waals surface area contributed by atoms with Gasteiger partial charge in [0.1, 0.15) is 5.69 Å². The second-order valence-corrected chi connectivity index (χ2v) is 5.81. The summed E-state index contributed by atoms with van der Waals surface area (Å²) in [7, 11) is 0. The number of aromatic nitrogens is 1. The van der Waals surface area contributed by atoms with Crippen LogP contribution in [0, 0.1) is 0 Å². The predicted molar refractivity (Wildman–Crippen MR) is 94.4 cm³/mol. The van der Waals surface area contributed by atoms with Crippen molar-refractivity contribution in [3.8, 4) is 0 Å². The molecule has 1 fully saturated rings. The summed E-state index contributed by atoms with van der Waals surface area (Å²) in [6, 6.07) is 10.7. The molecule has 6 nitrogen and oxygen atoms in total. The normalized spacial score (nSPS) is 13.6. The smallest absolute Gasteiger partial charge is 0.274 e. The van der Waals surface area contributed by atoms with Gasteiger partial charge in [0.2, 0.25) is 5.91 Å². The fourth-order valence-electron chi connectivity index (χ4n) is 2.76. The first kappa shape index (κ1) is 16.0. The van der Waals surface area contributed by atoms with Gasteiger partial charge in [0.05, 0.1) is 11.9 Å². The average Bonchev–Trinajstić information content (AvgIpc) is 3.09. The topological polar surface area (TPSA) is 74.3 Å². The number of carbonyl (C=O) groups is 2. The molecule has 124 valence electrons. The maximum Gasteiger partial charge on any atom is 0.274 e. The Kier molecular flexibility index (Phi) is 4.74. The minimum atomic E-state index is -0.275. The van der Waals surface area contributed by atoms with E-state index in [9.17, 15) is 9.59 Å². The van der Waals surface area contributed by atoms with E-state index < -0.39 is 0 Å². The lowest BCUT2D eigenvalue weighted by atomic mass is 10.2. The lowest BCUT2D eigenvalue weighted by molar-refractivity contribution is -0.114. The van der Waals surface area contributed by atoms with Crippen LogP contribution in [0.5, 0.6) is 0 Å². The molecule has 0 bridgehead atoms. The summed E-state index contributed by atoms with van der Waals surface area (Å²) >= 11 is 0. The van der Waals surface area contributed by atoms with Crippen LogP contribution in [-0.2, 0) is 4.79 Å². The second-order valence-electron chi connectivity index (χ2n) is 5.81. The number of hydrogen-bond donors (Lipinski definition) is 2. The molecule has 0 aliphatic carbocycles. The molecule has 1 aliphatic heterocycles. The summed E-state index contributed by atoms with van der Waals surface area (Å²) in [4.78, 5) is 29.9. The predicted octanol–water partition coefficient (Wildman–Crippen LogP) is 2.89. The summed E-state index contributed by atoms with van der Waals surface area (Å²) < 4.78 is 0. The molecule has 0 atom stereocenters. The highest BCUT2D eigenvalue weighted by molar-refractivity contribution is 6.03. The van der Waals surface area contributed by atoms with Crippen molar-refractivity contribution in [2.24, 2.45) is 0 Å². The number of hydrogen-bond acceptors (Lipinski definition) is 4. The Morgan fingerprint density at radius 1 is 1.04 bits per heavy atom. The van der Waals surface area contributed by atoms with Crippen LogP contribution in [-0.4, -0.2) is 29.9 Å². The first-order valence-electron chi connectivity index (χ1n) is 8.02. The highest BCUT2D eigenvalue weighted by atomic mass is 16.2. The monoisotopic (exact) mass is 324 g/mol. The van der Waals surface area contributed by atoms with E-state index >= 15 is 0 Å². The Morgan fingerprint density at radius 3 is 2.38 bits per heavy atom. The fraction of sp³-hybridized carbons (Fsp3) is 0.278. The largest absolute Gasteiger partial charge is 0.370 e. The number of nitrogens with zero attached hydrogens (tertiary/aromatic N) is 2. The molecule has 2 aromatic rings. The molecule has 2 N–H and O–H groups in total. The second kappa shape index (κ2) is 7.12. The zero-order chi connectivity index (χ0) is 16.9. The van der Waals surface area contributed by atoms with E-state index in [1.54, 1.807) is 36.5 Å². The van der Waals surface area contributed by atoms with Crippen molar-refractivity contribution in [3.63, 3.8) is 0 Å². The summed E-state index contributed by atoms with van der Waals surface area (Å²) in [5.41, 5.74) is 2.66. The molecule has 1 aromatic heterocycles. The number of benzene rings is 1. The SMILES string of the molecule is CC(=O)Nc1cccc(NC(=O)c2ccc(N3CCCC3)cn2)c1. The third kappa shape index (κ3) is 3.90. The van der Waals surface area contributed by atoms with Gasteiger partial charge in [0, 0.05) is 31.4 Å². The van der Waals surface area contributed by atoms with E-state index in [0.29, 0.717) is 17.1 Å². The van der Waals surface area contributed by atoms with Crippen molar-refractivity contribution in [1.82, 2.24) is 4.98 Å². The number of amides is 2. The van der Waals surface area contributed by atoms with Gasteiger partial charge in [-0.3, -0.25) is 9.59 Å². The van der Waals surface area contributed by atoms with E-state index in [1.807, 2.05) is 6.07 Å². The summed E-state index contributed by atoms with van der Waals surface area (Å²) in [5, 5.41) is 5.48. The fourth-order valence-corrected chi connectivity index (χ4v) is 2.76. The number of carbonyl (C=O) groups excluding carboxylic acids is 2. The summed E-state index contributed by atoms with van der Waals surface area (Å²) in [5.74, 6) is -0.430. The quantitative estimate of drug-likeness (QED) is 0.907. The Balaban J connectivity index is 1.67. The molecule has 0 spiro atoms. The molecule has 0 unspecified atom stereocenters. The molecule has 2 heterocycles. The third-order valence-corrected chi connectivity index (χ3v) is 3.89. The molecule has 0 saturated carbocycles. The minimum Gasteiger partial charge on any atom is -0.370 e. The van der Waals surface area contributed by atoms with Gasteiger partial charge in [-0.05, 0) is 43.2 Å². The number of pyridine rings is 1. The maximum atomic E-state index is 12.3. The van der Waals surface area contributed by atoms with Crippen LogP contribution >= 0.6 is 0 Å². The number of nitrogens with one attached hydrogen (secondary N) is 2. The van der Waals surface area contributed by atoms with E-state index in [2.05, 4.69) is 20.5 Å². The van der Waals surface area contributed by atoms with Crippen LogP contribution in [0.3, 0.4) is 0 Å². The molecule has 0 radical (unpaired) electrons. The lowest BCUT2D eigenvalue weighted by Crippen LogP contribution is -2.19. The van der Waals surface area contributed by atoms with Gasteiger partial charge in [-0.25, -0.2) is 4.98 Å². The first-order chi connectivity index (χ1) is 11.6. The van der Waals surface area contributed by atoms with Crippen LogP contribution in [0.15, 0.2) is 42.6 Å². The minimum absolute atomic E-state index is 0.155. The molecule has 1 aromatic carbocycles. The molecule has 1 aliphatic rings. The Labute approximate surface area is 140 Å². The standard InChI is InChI=1S/C18H20N4O2/c1-13(23)20-14-5-4-6-15(11-14)21-18(24)17-8-7-16(12-19-17)22-9-2-3-10-22/h4-8,11-12H,2-3,9-10H2,1H3,(H,20,23)(H,21,24). The first-order valence-corrected chi connectivity index (χ1v) is 8.02. The lowest BCUT2D eigenvalue weighted by Gasteiger charge is -2.17. The zero-order valence-electron chi connectivity index (χ0n) is 13.6. The highest BCUT2D eigenvalue weighted by Crippen LogP contribution is 2.20. The van der Waals surface area contributed by atoms with Crippen LogP contribution in [0.4, 0.5) is 17.1 Å². The van der Waals surface area contributed by atoms with Crippen LogP contribution < -0.4 is 15.5 Å². The van der Waals surface area contributed by atoms with Gasteiger partial charge in [-0.1, -0.05) is 6.07 Å². The Hall–Kier alpha value is -2.89. The van der Waals surface area contributed by atoms with Crippen LogP contribution in [0.2, 0.25) is 0 Å². The molecule has 3 rings (SSSR count). The Bertz CT molecular complexity index is 737. The van der Waals surface area contributed by atoms with Crippen molar-refractivity contribution >= 4 is 28.9 Å². The van der Waals surface area contributed by atoms with Gasteiger partial charge in [0.25, 0.3) is 5.91 Å².